The first-order valence-electron chi connectivity index (χ1n) is 7.24. The van der Waals surface area contributed by atoms with Crippen LogP contribution in [-0.4, -0.2) is 19.0 Å². The summed E-state index contributed by atoms with van der Waals surface area (Å²) in [5.74, 6) is 0.123. The summed E-state index contributed by atoms with van der Waals surface area (Å²) in [7, 11) is 0. The normalized spacial score (nSPS) is 10.7. The molecule has 0 saturated carbocycles. The molecule has 0 aliphatic carbocycles. The molecule has 2 rings (SSSR count). The van der Waals surface area contributed by atoms with Gasteiger partial charge in [0.05, 0.1) is 0 Å². The maximum Gasteiger partial charge on any atom is 0.221 e. The summed E-state index contributed by atoms with van der Waals surface area (Å²) in [6, 6.07) is 14.8. The Balaban J connectivity index is 1.77. The lowest BCUT2D eigenvalue weighted by Crippen LogP contribution is -2.27. The molecule has 3 heteroatoms. The molecule has 0 radical (unpaired) electrons. The van der Waals surface area contributed by atoms with Gasteiger partial charge in [0.15, 0.2) is 0 Å². The van der Waals surface area contributed by atoms with Crippen molar-refractivity contribution in [3.8, 4) is 0 Å². The monoisotopic (exact) mass is 270 g/mol. The zero-order valence-corrected chi connectivity index (χ0v) is 12.0. The molecule has 2 aromatic carbocycles. The van der Waals surface area contributed by atoms with Gasteiger partial charge in [-0.05, 0) is 28.8 Å². The zero-order valence-electron chi connectivity index (χ0n) is 12.0. The summed E-state index contributed by atoms with van der Waals surface area (Å²) in [6.45, 7) is 4.33. The molecule has 20 heavy (non-hydrogen) atoms. The van der Waals surface area contributed by atoms with Crippen LogP contribution in [0.15, 0.2) is 42.5 Å². The van der Waals surface area contributed by atoms with Crippen molar-refractivity contribution in [2.45, 2.75) is 26.3 Å². The van der Waals surface area contributed by atoms with Gasteiger partial charge in [0.1, 0.15) is 0 Å². The van der Waals surface area contributed by atoms with Crippen molar-refractivity contribution in [1.82, 2.24) is 10.6 Å². The number of fused-ring (bicyclic) bond motifs is 1. The van der Waals surface area contributed by atoms with Gasteiger partial charge in [-0.15, -0.1) is 0 Å². The lowest BCUT2D eigenvalue weighted by Gasteiger charge is -2.07. The molecule has 0 aliphatic heterocycles. The average molecular weight is 270 g/mol. The molecule has 2 N–H and O–H groups in total. The summed E-state index contributed by atoms with van der Waals surface area (Å²) in [4.78, 5) is 11.4. The van der Waals surface area contributed by atoms with E-state index < -0.39 is 0 Å². The van der Waals surface area contributed by atoms with E-state index in [0.29, 0.717) is 13.0 Å². The number of hydrogen-bond acceptors (Lipinski definition) is 2. The second-order valence-corrected chi connectivity index (χ2v) is 4.96. The summed E-state index contributed by atoms with van der Waals surface area (Å²) in [6.07, 6.45) is 1.52. The number of benzene rings is 2. The van der Waals surface area contributed by atoms with Gasteiger partial charge in [0.2, 0.25) is 5.91 Å². The molecule has 0 fully saturated rings. The number of rotatable bonds is 7. The minimum atomic E-state index is 0.123. The van der Waals surface area contributed by atoms with Gasteiger partial charge in [-0.2, -0.15) is 0 Å². The fourth-order valence-corrected chi connectivity index (χ4v) is 2.14. The van der Waals surface area contributed by atoms with Crippen molar-refractivity contribution >= 4 is 16.7 Å². The number of amides is 1. The van der Waals surface area contributed by atoms with E-state index in [0.717, 1.165) is 19.5 Å². The Hall–Kier alpha value is -1.87. The topological polar surface area (TPSA) is 41.1 Å². The number of carbonyl (C=O) groups is 1. The minimum absolute atomic E-state index is 0.123. The van der Waals surface area contributed by atoms with Gasteiger partial charge in [0.25, 0.3) is 0 Å². The van der Waals surface area contributed by atoms with E-state index in [4.69, 9.17) is 0 Å². The van der Waals surface area contributed by atoms with E-state index in [2.05, 4.69) is 60.0 Å². The number of carbonyl (C=O) groups excluding carboxylic acids is 1. The Bertz CT molecular complexity index is 566. The Morgan fingerprint density at radius 2 is 1.85 bits per heavy atom. The van der Waals surface area contributed by atoms with E-state index in [1.165, 1.54) is 16.3 Å². The van der Waals surface area contributed by atoms with Gasteiger partial charge in [-0.1, -0.05) is 43.3 Å². The highest BCUT2D eigenvalue weighted by atomic mass is 16.1. The highest BCUT2D eigenvalue weighted by molar-refractivity contribution is 5.83. The van der Waals surface area contributed by atoms with E-state index in [1.807, 2.05) is 0 Å². The molecule has 0 heterocycles. The molecule has 0 unspecified atom stereocenters. The molecule has 2 aromatic rings. The summed E-state index contributed by atoms with van der Waals surface area (Å²) >= 11 is 0. The van der Waals surface area contributed by atoms with Gasteiger partial charge in [0, 0.05) is 26.1 Å². The second-order valence-electron chi connectivity index (χ2n) is 4.96. The molecule has 0 aliphatic rings. The second kappa shape index (κ2) is 7.65. The highest BCUT2D eigenvalue weighted by Crippen LogP contribution is 2.15. The fraction of sp³-hybridized carbons (Fsp3) is 0.353. The van der Waals surface area contributed by atoms with Crippen LogP contribution in [0.2, 0.25) is 0 Å². The Labute approximate surface area is 120 Å². The van der Waals surface area contributed by atoms with E-state index in [1.54, 1.807) is 0 Å². The van der Waals surface area contributed by atoms with Crippen LogP contribution in [0.25, 0.3) is 10.8 Å². The molecule has 0 atom stereocenters. The number of nitrogens with one attached hydrogen (secondary N) is 2. The summed E-state index contributed by atoms with van der Waals surface area (Å²) in [5.41, 5.74) is 1.25. The van der Waals surface area contributed by atoms with Crippen molar-refractivity contribution in [2.24, 2.45) is 0 Å². The Morgan fingerprint density at radius 3 is 2.65 bits per heavy atom. The van der Waals surface area contributed by atoms with Crippen LogP contribution in [-0.2, 0) is 11.3 Å². The lowest BCUT2D eigenvalue weighted by molar-refractivity contribution is -0.120. The molecule has 0 aromatic heterocycles. The summed E-state index contributed by atoms with van der Waals surface area (Å²) in [5, 5.41) is 8.71. The molecular weight excluding hydrogens is 248 g/mol. The molecule has 3 nitrogen and oxygen atoms in total. The van der Waals surface area contributed by atoms with Crippen molar-refractivity contribution in [1.29, 1.82) is 0 Å². The van der Waals surface area contributed by atoms with Gasteiger partial charge in [-0.3, -0.25) is 4.79 Å². The van der Waals surface area contributed by atoms with Crippen LogP contribution >= 0.6 is 0 Å². The molecule has 1 amide bonds. The van der Waals surface area contributed by atoms with Gasteiger partial charge in [-0.25, -0.2) is 0 Å². The molecule has 0 saturated heterocycles. The quantitative estimate of drug-likeness (QED) is 0.760. The first kappa shape index (κ1) is 14.5. The highest BCUT2D eigenvalue weighted by Gasteiger charge is 2.00. The van der Waals surface area contributed by atoms with Crippen LogP contribution in [0.4, 0.5) is 0 Å². The van der Waals surface area contributed by atoms with Crippen LogP contribution in [0, 0.1) is 0 Å². The van der Waals surface area contributed by atoms with Crippen LogP contribution < -0.4 is 10.6 Å². The number of hydrogen-bond donors (Lipinski definition) is 2. The largest absolute Gasteiger partial charge is 0.356 e. The van der Waals surface area contributed by atoms with E-state index in [-0.39, 0.29) is 5.91 Å². The Kier molecular flexibility index (Phi) is 5.56. The molecule has 0 spiro atoms. The SMILES string of the molecule is CCCNC(=O)CCNCc1ccc2ccccc2c1. The first-order chi connectivity index (χ1) is 9.79. The van der Waals surface area contributed by atoms with Crippen molar-refractivity contribution in [3.63, 3.8) is 0 Å². The van der Waals surface area contributed by atoms with Crippen molar-refractivity contribution in [2.75, 3.05) is 13.1 Å². The third-order valence-electron chi connectivity index (χ3n) is 3.24. The van der Waals surface area contributed by atoms with Crippen LogP contribution in [0.1, 0.15) is 25.3 Å². The predicted octanol–water partition coefficient (Wildman–Crippen LogP) is 2.85. The first-order valence-corrected chi connectivity index (χ1v) is 7.24. The van der Waals surface area contributed by atoms with Gasteiger partial charge >= 0.3 is 0 Å². The smallest absolute Gasteiger partial charge is 0.221 e. The van der Waals surface area contributed by atoms with E-state index >= 15 is 0 Å². The maximum atomic E-state index is 11.4. The van der Waals surface area contributed by atoms with Crippen molar-refractivity contribution < 1.29 is 4.79 Å². The summed E-state index contributed by atoms with van der Waals surface area (Å²) < 4.78 is 0. The fourth-order valence-electron chi connectivity index (χ4n) is 2.14. The Morgan fingerprint density at radius 1 is 1.05 bits per heavy atom. The van der Waals surface area contributed by atoms with E-state index in [9.17, 15) is 4.79 Å². The maximum absolute atomic E-state index is 11.4. The average Bonchev–Trinajstić information content (AvgIpc) is 2.49. The molecular formula is C17H22N2O. The van der Waals surface area contributed by atoms with Crippen LogP contribution in [0.5, 0.6) is 0 Å². The van der Waals surface area contributed by atoms with Gasteiger partial charge < -0.3 is 10.6 Å². The standard InChI is InChI=1S/C17H22N2O/c1-2-10-19-17(20)9-11-18-13-14-7-8-15-5-3-4-6-16(15)12-14/h3-8,12,18H,2,9-11,13H2,1H3,(H,19,20). The molecule has 0 bridgehead atoms. The third-order valence-corrected chi connectivity index (χ3v) is 3.24. The zero-order chi connectivity index (χ0) is 14.2. The third kappa shape index (κ3) is 4.35. The predicted molar refractivity (Wildman–Crippen MR) is 83.6 cm³/mol. The van der Waals surface area contributed by atoms with Crippen LogP contribution in [0.3, 0.4) is 0 Å². The van der Waals surface area contributed by atoms with Crippen molar-refractivity contribution in [3.05, 3.63) is 48.0 Å². The molecule has 106 valence electrons. The lowest BCUT2D eigenvalue weighted by atomic mass is 10.1. The minimum Gasteiger partial charge on any atom is -0.356 e.